The molecule has 0 aliphatic carbocycles. The second-order valence-electron chi connectivity index (χ2n) is 9.53. The van der Waals surface area contributed by atoms with Crippen molar-refractivity contribution in [2.24, 2.45) is 0 Å². The van der Waals surface area contributed by atoms with Crippen LogP contribution in [0.25, 0.3) is 0 Å². The van der Waals surface area contributed by atoms with Crippen molar-refractivity contribution in [2.75, 3.05) is 38.8 Å². The molecule has 3 rings (SSSR count). The largest absolute Gasteiger partial charge is 0.484 e. The summed E-state index contributed by atoms with van der Waals surface area (Å²) in [6, 6.07) is 16.3. The molecular weight excluding hydrogens is 388 g/mol. The number of carbonyl (C=O) groups is 1. The summed E-state index contributed by atoms with van der Waals surface area (Å²) in [5, 5.41) is 0. The number of hydrogen-bond acceptors (Lipinski definition) is 4. The van der Waals surface area contributed by atoms with Gasteiger partial charge in [0.2, 0.25) is 0 Å². The molecule has 1 aliphatic heterocycles. The van der Waals surface area contributed by atoms with Gasteiger partial charge in [0.15, 0.2) is 6.61 Å². The van der Waals surface area contributed by atoms with Gasteiger partial charge in [-0.25, -0.2) is 0 Å². The van der Waals surface area contributed by atoms with Crippen molar-refractivity contribution in [3.63, 3.8) is 0 Å². The number of benzene rings is 2. The van der Waals surface area contributed by atoms with Crippen LogP contribution in [0.4, 0.5) is 5.69 Å². The van der Waals surface area contributed by atoms with E-state index in [1.165, 1.54) is 5.56 Å². The quantitative estimate of drug-likeness (QED) is 0.619. The maximum atomic E-state index is 13.0. The minimum atomic E-state index is -0.0212. The number of hydrogen-bond donors (Lipinski definition) is 0. The third-order valence-electron chi connectivity index (χ3n) is 5.71. The van der Waals surface area contributed by atoms with Crippen molar-refractivity contribution in [1.29, 1.82) is 0 Å². The SMILES string of the molecule is CN(C)c1ccc(CN(CC2CCCO2)C(=O)COc2ccc(C(C)(C)C)cc2)cc1. The van der Waals surface area contributed by atoms with E-state index in [0.29, 0.717) is 18.8 Å². The fraction of sp³-hybridized carbons (Fsp3) is 0.500. The number of ether oxygens (including phenoxy) is 2. The van der Waals surface area contributed by atoms with E-state index in [1.54, 1.807) is 0 Å². The van der Waals surface area contributed by atoms with Gasteiger partial charge in [-0.15, -0.1) is 0 Å². The van der Waals surface area contributed by atoms with Gasteiger partial charge in [0.1, 0.15) is 5.75 Å². The van der Waals surface area contributed by atoms with E-state index in [-0.39, 0.29) is 24.0 Å². The molecule has 0 radical (unpaired) electrons. The summed E-state index contributed by atoms with van der Waals surface area (Å²) in [4.78, 5) is 17.0. The van der Waals surface area contributed by atoms with Gasteiger partial charge in [-0.05, 0) is 53.6 Å². The Balaban J connectivity index is 1.64. The molecule has 0 saturated carbocycles. The molecule has 2 aromatic carbocycles. The van der Waals surface area contributed by atoms with E-state index < -0.39 is 0 Å². The van der Waals surface area contributed by atoms with Gasteiger partial charge in [-0.1, -0.05) is 45.0 Å². The smallest absolute Gasteiger partial charge is 0.260 e. The molecule has 0 N–H and O–H groups in total. The Bertz CT molecular complexity index is 832. The fourth-order valence-electron chi connectivity index (χ4n) is 3.70. The molecule has 0 bridgehead atoms. The van der Waals surface area contributed by atoms with Gasteiger partial charge < -0.3 is 19.3 Å². The zero-order valence-corrected chi connectivity index (χ0v) is 19.6. The van der Waals surface area contributed by atoms with Crippen LogP contribution in [0, 0.1) is 0 Å². The lowest BCUT2D eigenvalue weighted by Crippen LogP contribution is -2.39. The van der Waals surface area contributed by atoms with E-state index >= 15 is 0 Å². The van der Waals surface area contributed by atoms with Crippen molar-refractivity contribution >= 4 is 11.6 Å². The third-order valence-corrected chi connectivity index (χ3v) is 5.71. The zero-order chi connectivity index (χ0) is 22.4. The van der Waals surface area contributed by atoms with Crippen LogP contribution in [0.5, 0.6) is 5.75 Å². The van der Waals surface area contributed by atoms with Crippen LogP contribution in [0.15, 0.2) is 48.5 Å². The number of amides is 1. The minimum absolute atomic E-state index is 0.0212. The summed E-state index contributed by atoms with van der Waals surface area (Å²) in [5.41, 5.74) is 3.58. The highest BCUT2D eigenvalue weighted by atomic mass is 16.5. The Morgan fingerprint density at radius 2 is 1.74 bits per heavy atom. The van der Waals surface area contributed by atoms with Crippen LogP contribution in [-0.4, -0.2) is 50.8 Å². The standard InChI is InChI=1S/C26H36N2O3/c1-26(2,3)21-10-14-23(15-11-21)31-19-25(29)28(18-24-7-6-16-30-24)17-20-8-12-22(13-9-20)27(4)5/h8-15,24H,6-7,16-19H2,1-5H3. The first kappa shape index (κ1) is 23.1. The van der Waals surface area contributed by atoms with Crippen LogP contribution < -0.4 is 9.64 Å². The highest BCUT2D eigenvalue weighted by Crippen LogP contribution is 2.24. The van der Waals surface area contributed by atoms with Gasteiger partial charge in [-0.3, -0.25) is 4.79 Å². The van der Waals surface area contributed by atoms with Crippen molar-refractivity contribution in [1.82, 2.24) is 4.90 Å². The molecule has 1 saturated heterocycles. The van der Waals surface area contributed by atoms with E-state index in [1.807, 2.05) is 31.1 Å². The highest BCUT2D eigenvalue weighted by Gasteiger charge is 2.23. The molecule has 1 amide bonds. The lowest BCUT2D eigenvalue weighted by atomic mass is 9.87. The van der Waals surface area contributed by atoms with Crippen molar-refractivity contribution in [3.8, 4) is 5.75 Å². The third kappa shape index (κ3) is 6.73. The van der Waals surface area contributed by atoms with Crippen molar-refractivity contribution in [2.45, 2.75) is 51.7 Å². The summed E-state index contributed by atoms with van der Waals surface area (Å²) in [7, 11) is 4.04. The average molecular weight is 425 g/mol. The lowest BCUT2D eigenvalue weighted by molar-refractivity contribution is -0.135. The minimum Gasteiger partial charge on any atom is -0.484 e. The second kappa shape index (κ2) is 10.2. The Morgan fingerprint density at radius 1 is 1.06 bits per heavy atom. The second-order valence-corrected chi connectivity index (χ2v) is 9.53. The molecule has 0 aromatic heterocycles. The molecule has 0 spiro atoms. The molecule has 31 heavy (non-hydrogen) atoms. The molecule has 1 unspecified atom stereocenters. The summed E-state index contributed by atoms with van der Waals surface area (Å²) in [5.74, 6) is 0.695. The van der Waals surface area contributed by atoms with Gasteiger partial charge in [0.25, 0.3) is 5.91 Å². The number of anilines is 1. The normalized spacial score (nSPS) is 16.2. The molecule has 5 heteroatoms. The molecule has 2 aromatic rings. The van der Waals surface area contributed by atoms with E-state index in [9.17, 15) is 4.79 Å². The fourth-order valence-corrected chi connectivity index (χ4v) is 3.70. The van der Waals surface area contributed by atoms with Gasteiger partial charge in [0, 0.05) is 39.5 Å². The first-order chi connectivity index (χ1) is 14.7. The van der Waals surface area contributed by atoms with E-state index in [0.717, 1.165) is 30.7 Å². The topological polar surface area (TPSA) is 42.0 Å². The van der Waals surface area contributed by atoms with Gasteiger partial charge >= 0.3 is 0 Å². The highest BCUT2D eigenvalue weighted by molar-refractivity contribution is 5.77. The monoisotopic (exact) mass is 424 g/mol. The molecule has 168 valence electrons. The molecule has 1 fully saturated rings. The van der Waals surface area contributed by atoms with Crippen molar-refractivity contribution < 1.29 is 14.3 Å². The van der Waals surface area contributed by atoms with Crippen LogP contribution in [0.3, 0.4) is 0 Å². The Morgan fingerprint density at radius 3 is 2.29 bits per heavy atom. The van der Waals surface area contributed by atoms with Crippen molar-refractivity contribution in [3.05, 3.63) is 59.7 Å². The molecule has 1 atom stereocenters. The summed E-state index contributed by atoms with van der Waals surface area (Å²) in [6.07, 6.45) is 2.16. The zero-order valence-electron chi connectivity index (χ0n) is 19.6. The summed E-state index contributed by atoms with van der Waals surface area (Å²) in [6.45, 7) is 8.50. The van der Waals surface area contributed by atoms with E-state index in [2.05, 4.69) is 62.1 Å². The van der Waals surface area contributed by atoms with Crippen LogP contribution in [0.2, 0.25) is 0 Å². The predicted octanol–water partition coefficient (Wildman–Crippen LogP) is 4.64. The maximum absolute atomic E-state index is 13.0. The molecule has 1 aliphatic rings. The molecular formula is C26H36N2O3. The average Bonchev–Trinajstić information content (AvgIpc) is 3.25. The van der Waals surface area contributed by atoms with Gasteiger partial charge in [0.05, 0.1) is 6.10 Å². The van der Waals surface area contributed by atoms with Gasteiger partial charge in [-0.2, -0.15) is 0 Å². The Labute approximate surface area is 187 Å². The number of carbonyl (C=O) groups excluding carboxylic acids is 1. The van der Waals surface area contributed by atoms with Crippen LogP contribution in [-0.2, 0) is 21.5 Å². The summed E-state index contributed by atoms with van der Waals surface area (Å²) < 4.78 is 11.6. The maximum Gasteiger partial charge on any atom is 0.260 e. The first-order valence-corrected chi connectivity index (χ1v) is 11.1. The Kier molecular flexibility index (Phi) is 7.60. The lowest BCUT2D eigenvalue weighted by Gasteiger charge is -2.26. The predicted molar refractivity (Wildman–Crippen MR) is 126 cm³/mol. The first-order valence-electron chi connectivity index (χ1n) is 11.1. The number of rotatable bonds is 8. The van der Waals surface area contributed by atoms with E-state index in [4.69, 9.17) is 9.47 Å². The summed E-state index contributed by atoms with van der Waals surface area (Å²) >= 11 is 0. The number of nitrogens with zero attached hydrogens (tertiary/aromatic N) is 2. The van der Waals surface area contributed by atoms with Crippen LogP contribution in [0.1, 0.15) is 44.7 Å². The van der Waals surface area contributed by atoms with Crippen LogP contribution >= 0.6 is 0 Å². The molecule has 1 heterocycles. The molecule has 5 nitrogen and oxygen atoms in total. The Hall–Kier alpha value is -2.53.